The molecular weight excluding hydrogens is 248 g/mol. The number of anilines is 1. The number of nitrogens with zero attached hydrogens (tertiary/aromatic N) is 4. The van der Waals surface area contributed by atoms with Gasteiger partial charge in [0.25, 0.3) is 0 Å². The predicted octanol–water partition coefficient (Wildman–Crippen LogP) is 2.57. The molecule has 4 heteroatoms. The molecule has 0 N–H and O–H groups in total. The Bertz CT molecular complexity index is 402. The molecule has 2 heterocycles. The third-order valence-electron chi connectivity index (χ3n) is 4.92. The van der Waals surface area contributed by atoms with E-state index >= 15 is 0 Å². The van der Waals surface area contributed by atoms with Gasteiger partial charge in [0.05, 0.1) is 0 Å². The summed E-state index contributed by atoms with van der Waals surface area (Å²) in [6, 6.07) is 4.73. The molecule has 0 aromatic carbocycles. The van der Waals surface area contributed by atoms with E-state index in [4.69, 9.17) is 0 Å². The average Bonchev–Trinajstić information content (AvgIpc) is 3.01. The van der Waals surface area contributed by atoms with Crippen LogP contribution in [0.4, 0.5) is 5.82 Å². The summed E-state index contributed by atoms with van der Waals surface area (Å²) in [5.41, 5.74) is 0. The molecule has 0 bridgehead atoms. The third-order valence-corrected chi connectivity index (χ3v) is 4.92. The van der Waals surface area contributed by atoms with Crippen LogP contribution < -0.4 is 4.90 Å². The normalized spacial score (nSPS) is 24.5. The van der Waals surface area contributed by atoms with Crippen molar-refractivity contribution >= 4 is 5.82 Å². The van der Waals surface area contributed by atoms with Crippen LogP contribution in [0.15, 0.2) is 18.3 Å². The van der Waals surface area contributed by atoms with E-state index in [0.717, 1.165) is 24.8 Å². The van der Waals surface area contributed by atoms with Crippen LogP contribution in [0.25, 0.3) is 0 Å². The molecule has 3 rings (SSSR count). The molecule has 1 unspecified atom stereocenters. The van der Waals surface area contributed by atoms with E-state index in [1.165, 1.54) is 45.1 Å². The molecule has 1 saturated heterocycles. The Kier molecular flexibility index (Phi) is 4.51. The summed E-state index contributed by atoms with van der Waals surface area (Å²) in [7, 11) is 2.31. The summed E-state index contributed by atoms with van der Waals surface area (Å²) in [4.78, 5) is 4.99. The number of hydrogen-bond acceptors (Lipinski definition) is 4. The molecule has 0 spiro atoms. The molecule has 1 aliphatic heterocycles. The molecule has 2 aliphatic rings. The Labute approximate surface area is 122 Å². The average molecular weight is 274 g/mol. The van der Waals surface area contributed by atoms with Gasteiger partial charge in [-0.05, 0) is 50.8 Å². The first-order valence-electron chi connectivity index (χ1n) is 8.06. The Morgan fingerprint density at radius 1 is 1.25 bits per heavy atom. The van der Waals surface area contributed by atoms with E-state index in [0.29, 0.717) is 6.04 Å². The van der Waals surface area contributed by atoms with E-state index in [9.17, 15) is 0 Å². The number of rotatable bonds is 4. The van der Waals surface area contributed by atoms with Gasteiger partial charge in [-0.15, -0.1) is 5.10 Å². The van der Waals surface area contributed by atoms with Crippen LogP contribution in [0.1, 0.15) is 38.5 Å². The van der Waals surface area contributed by atoms with Crippen molar-refractivity contribution in [1.82, 2.24) is 15.1 Å². The zero-order chi connectivity index (χ0) is 13.8. The summed E-state index contributed by atoms with van der Waals surface area (Å²) in [6.07, 6.45) is 10.1. The lowest BCUT2D eigenvalue weighted by molar-refractivity contribution is 0.186. The summed E-state index contributed by atoms with van der Waals surface area (Å²) in [5.74, 6) is 1.97. The number of piperidine rings is 1. The highest BCUT2D eigenvalue weighted by atomic mass is 15.3. The Balaban J connectivity index is 1.57. The molecule has 0 amide bonds. The molecule has 1 aromatic heterocycles. The molecule has 110 valence electrons. The van der Waals surface area contributed by atoms with Crippen LogP contribution >= 0.6 is 0 Å². The zero-order valence-electron chi connectivity index (χ0n) is 12.5. The Hall–Kier alpha value is -1.16. The summed E-state index contributed by atoms with van der Waals surface area (Å²) in [5, 5.41) is 8.26. The second kappa shape index (κ2) is 6.53. The van der Waals surface area contributed by atoms with Crippen LogP contribution in [0, 0.1) is 5.92 Å². The van der Waals surface area contributed by atoms with E-state index in [2.05, 4.69) is 33.1 Å². The molecule has 1 aromatic rings. The van der Waals surface area contributed by atoms with Crippen molar-refractivity contribution in [2.75, 3.05) is 31.6 Å². The second-order valence-electron chi connectivity index (χ2n) is 6.41. The van der Waals surface area contributed by atoms with Crippen LogP contribution in [0.2, 0.25) is 0 Å². The summed E-state index contributed by atoms with van der Waals surface area (Å²) < 4.78 is 0. The Morgan fingerprint density at radius 2 is 2.10 bits per heavy atom. The number of aromatic nitrogens is 2. The monoisotopic (exact) mass is 274 g/mol. The first kappa shape index (κ1) is 13.8. The van der Waals surface area contributed by atoms with E-state index in [1.54, 1.807) is 6.20 Å². The summed E-state index contributed by atoms with van der Waals surface area (Å²) in [6.45, 7) is 3.49. The maximum Gasteiger partial charge on any atom is 0.151 e. The number of likely N-dealkylation sites (N-methyl/N-ethyl adjacent to an activating group) is 1. The highest BCUT2D eigenvalue weighted by Gasteiger charge is 2.26. The molecule has 1 aliphatic carbocycles. The smallest absolute Gasteiger partial charge is 0.151 e. The molecule has 20 heavy (non-hydrogen) atoms. The highest BCUT2D eigenvalue weighted by Crippen LogP contribution is 2.27. The van der Waals surface area contributed by atoms with Crippen molar-refractivity contribution in [3.8, 4) is 0 Å². The lowest BCUT2D eigenvalue weighted by Crippen LogP contribution is -2.48. The lowest BCUT2D eigenvalue weighted by Gasteiger charge is -2.38. The van der Waals surface area contributed by atoms with Crippen molar-refractivity contribution in [2.24, 2.45) is 5.92 Å². The predicted molar refractivity (Wildman–Crippen MR) is 81.9 cm³/mol. The first-order valence-corrected chi connectivity index (χ1v) is 8.06. The highest BCUT2D eigenvalue weighted by molar-refractivity contribution is 5.37. The van der Waals surface area contributed by atoms with Crippen molar-refractivity contribution in [3.05, 3.63) is 18.3 Å². The molecule has 1 saturated carbocycles. The minimum absolute atomic E-state index is 0.673. The van der Waals surface area contributed by atoms with Gasteiger partial charge in [0, 0.05) is 31.9 Å². The quantitative estimate of drug-likeness (QED) is 0.844. The van der Waals surface area contributed by atoms with Crippen molar-refractivity contribution in [2.45, 2.75) is 44.6 Å². The minimum Gasteiger partial charge on any atom is -0.354 e. The fraction of sp³-hybridized carbons (Fsp3) is 0.750. The van der Waals surface area contributed by atoms with Gasteiger partial charge in [-0.25, -0.2) is 0 Å². The zero-order valence-corrected chi connectivity index (χ0v) is 12.5. The maximum atomic E-state index is 4.26. The van der Waals surface area contributed by atoms with E-state index in [1.807, 2.05) is 6.07 Å². The largest absolute Gasteiger partial charge is 0.354 e. The van der Waals surface area contributed by atoms with Crippen molar-refractivity contribution in [3.63, 3.8) is 0 Å². The van der Waals surface area contributed by atoms with Crippen LogP contribution in [0.5, 0.6) is 0 Å². The molecule has 0 radical (unpaired) electrons. The van der Waals surface area contributed by atoms with Gasteiger partial charge in [-0.2, -0.15) is 5.10 Å². The molecular formula is C16H26N4. The Morgan fingerprint density at radius 3 is 2.85 bits per heavy atom. The number of hydrogen-bond donors (Lipinski definition) is 0. The first-order chi connectivity index (χ1) is 9.83. The summed E-state index contributed by atoms with van der Waals surface area (Å²) >= 11 is 0. The van der Waals surface area contributed by atoms with Gasteiger partial charge in [0.1, 0.15) is 0 Å². The van der Waals surface area contributed by atoms with E-state index in [-0.39, 0.29) is 0 Å². The molecule has 1 atom stereocenters. The van der Waals surface area contributed by atoms with Crippen LogP contribution in [-0.2, 0) is 0 Å². The fourth-order valence-corrected chi connectivity index (χ4v) is 3.73. The minimum atomic E-state index is 0.673. The third kappa shape index (κ3) is 3.29. The maximum absolute atomic E-state index is 4.26. The fourth-order valence-electron chi connectivity index (χ4n) is 3.73. The van der Waals surface area contributed by atoms with Crippen LogP contribution in [0.3, 0.4) is 0 Å². The van der Waals surface area contributed by atoms with Gasteiger partial charge in [0.2, 0.25) is 0 Å². The van der Waals surface area contributed by atoms with Gasteiger partial charge in [-0.3, -0.25) is 0 Å². The van der Waals surface area contributed by atoms with Gasteiger partial charge >= 0.3 is 0 Å². The van der Waals surface area contributed by atoms with Gasteiger partial charge in [-0.1, -0.05) is 12.8 Å². The topological polar surface area (TPSA) is 32.3 Å². The van der Waals surface area contributed by atoms with E-state index < -0.39 is 0 Å². The second-order valence-corrected chi connectivity index (χ2v) is 6.41. The SMILES string of the molecule is CN(CC1CCCC1)C1CCCN(c2cccnn2)C1. The molecule has 4 nitrogen and oxygen atoms in total. The van der Waals surface area contributed by atoms with Crippen molar-refractivity contribution in [1.29, 1.82) is 0 Å². The van der Waals surface area contributed by atoms with Crippen LogP contribution in [-0.4, -0.2) is 47.8 Å². The van der Waals surface area contributed by atoms with Gasteiger partial charge < -0.3 is 9.80 Å². The lowest BCUT2D eigenvalue weighted by atomic mass is 10.0. The standard InChI is InChI=1S/C16H26N4/c1-19(12-14-6-2-3-7-14)15-8-5-11-20(13-15)16-9-4-10-17-18-16/h4,9-10,14-15H,2-3,5-8,11-13H2,1H3. The van der Waals surface area contributed by atoms with Crippen molar-refractivity contribution < 1.29 is 0 Å². The molecule has 2 fully saturated rings. The van der Waals surface area contributed by atoms with Gasteiger partial charge in [0.15, 0.2) is 5.82 Å².